The summed E-state index contributed by atoms with van der Waals surface area (Å²) in [6.45, 7) is 10.6. The smallest absolute Gasteiger partial charge is 0.339 e. The zero-order chi connectivity index (χ0) is 14.5. The Hall–Kier alpha value is -1.42. The van der Waals surface area contributed by atoms with Crippen LogP contribution in [0.4, 0.5) is 0 Å². The molecule has 0 fully saturated rings. The summed E-state index contributed by atoms with van der Waals surface area (Å²) in [6.07, 6.45) is 1.55. The molecule has 4 nitrogen and oxygen atoms in total. The van der Waals surface area contributed by atoms with Gasteiger partial charge in [0.1, 0.15) is 0 Å². The summed E-state index contributed by atoms with van der Waals surface area (Å²) < 4.78 is 4.63. The number of aromatic nitrogens is 1. The highest BCUT2D eigenvalue weighted by Crippen LogP contribution is 2.24. The van der Waals surface area contributed by atoms with E-state index in [2.05, 4.69) is 42.7 Å². The Bertz CT molecular complexity index is 407. The minimum absolute atomic E-state index is 0.301. The number of carbonyl (C=O) groups is 1. The molecule has 0 saturated heterocycles. The van der Waals surface area contributed by atoms with Crippen LogP contribution in [0.25, 0.3) is 0 Å². The van der Waals surface area contributed by atoms with Gasteiger partial charge in [0.15, 0.2) is 0 Å². The quantitative estimate of drug-likeness (QED) is 0.831. The normalized spacial score (nSPS) is 13.1. The summed E-state index contributed by atoms with van der Waals surface area (Å²) in [5.41, 5.74) is 1.71. The van der Waals surface area contributed by atoms with Crippen LogP contribution in [0.5, 0.6) is 0 Å². The number of methoxy groups -OCH3 is 1. The lowest BCUT2D eigenvalue weighted by molar-refractivity contribution is 0.0600. The Balaban J connectivity index is 2.45. The van der Waals surface area contributed by atoms with Gasteiger partial charge in [-0.1, -0.05) is 27.7 Å². The molecule has 0 amide bonds. The molecule has 0 aliphatic rings. The van der Waals surface area contributed by atoms with Gasteiger partial charge < -0.3 is 10.1 Å². The van der Waals surface area contributed by atoms with Crippen LogP contribution in [-0.4, -0.2) is 24.6 Å². The third-order valence-electron chi connectivity index (χ3n) is 3.48. The van der Waals surface area contributed by atoms with E-state index in [-0.39, 0.29) is 5.97 Å². The van der Waals surface area contributed by atoms with E-state index in [0.717, 1.165) is 12.2 Å². The molecule has 1 unspecified atom stereocenters. The Morgan fingerprint density at radius 1 is 1.42 bits per heavy atom. The number of carbonyl (C=O) groups excluding carboxylic acids is 1. The first-order valence-corrected chi connectivity index (χ1v) is 6.58. The second-order valence-electron chi connectivity index (χ2n) is 5.93. The van der Waals surface area contributed by atoms with E-state index in [1.54, 1.807) is 12.3 Å². The first-order chi connectivity index (χ1) is 8.84. The summed E-state index contributed by atoms with van der Waals surface area (Å²) in [7, 11) is 1.37. The number of rotatable bonds is 5. The molecule has 0 radical (unpaired) electrons. The highest BCUT2D eigenvalue weighted by atomic mass is 16.5. The lowest BCUT2D eigenvalue weighted by Gasteiger charge is -2.27. The zero-order valence-corrected chi connectivity index (χ0v) is 12.5. The van der Waals surface area contributed by atoms with Gasteiger partial charge in [-0.25, -0.2) is 4.79 Å². The van der Waals surface area contributed by atoms with Crippen molar-refractivity contribution < 1.29 is 9.53 Å². The van der Waals surface area contributed by atoms with Crippen LogP contribution in [0.2, 0.25) is 0 Å². The molecule has 1 aromatic rings. The van der Waals surface area contributed by atoms with Crippen LogP contribution in [0.1, 0.15) is 43.7 Å². The molecular weight excluding hydrogens is 240 g/mol. The van der Waals surface area contributed by atoms with E-state index in [4.69, 9.17) is 0 Å². The molecule has 1 N–H and O–H groups in total. The van der Waals surface area contributed by atoms with Gasteiger partial charge in [-0.15, -0.1) is 0 Å². The lowest BCUT2D eigenvalue weighted by atomic mass is 9.82. The SMILES string of the molecule is COC(=O)c1ccc(CNCC(C)C(C)(C)C)nc1. The first-order valence-electron chi connectivity index (χ1n) is 6.58. The number of hydrogen-bond donors (Lipinski definition) is 1. The lowest BCUT2D eigenvalue weighted by Crippen LogP contribution is -2.29. The largest absolute Gasteiger partial charge is 0.465 e. The standard InChI is InChI=1S/C15H24N2O2/c1-11(15(2,3)4)8-16-10-13-7-6-12(9-17-13)14(18)19-5/h6-7,9,11,16H,8,10H2,1-5H3. The van der Waals surface area contributed by atoms with Crippen molar-refractivity contribution >= 4 is 5.97 Å². The van der Waals surface area contributed by atoms with Crippen LogP contribution in [0.15, 0.2) is 18.3 Å². The molecule has 0 aliphatic heterocycles. The molecule has 4 heteroatoms. The number of ether oxygens (including phenoxy) is 1. The van der Waals surface area contributed by atoms with Crippen molar-refractivity contribution in [1.82, 2.24) is 10.3 Å². The van der Waals surface area contributed by atoms with Gasteiger partial charge in [0, 0.05) is 12.7 Å². The molecule has 1 rings (SSSR count). The Morgan fingerprint density at radius 2 is 2.11 bits per heavy atom. The van der Waals surface area contributed by atoms with Crippen LogP contribution in [0, 0.1) is 11.3 Å². The molecule has 0 spiro atoms. The van der Waals surface area contributed by atoms with Crippen molar-refractivity contribution in [3.63, 3.8) is 0 Å². The van der Waals surface area contributed by atoms with E-state index in [0.29, 0.717) is 23.4 Å². The summed E-state index contributed by atoms with van der Waals surface area (Å²) in [6, 6.07) is 3.59. The highest BCUT2D eigenvalue weighted by Gasteiger charge is 2.19. The van der Waals surface area contributed by atoms with Gasteiger partial charge in [-0.3, -0.25) is 4.98 Å². The minimum atomic E-state index is -0.353. The van der Waals surface area contributed by atoms with Crippen molar-refractivity contribution in [3.8, 4) is 0 Å². The molecule has 0 saturated carbocycles. The molecule has 1 atom stereocenters. The summed E-state index contributed by atoms with van der Waals surface area (Å²) in [5.74, 6) is 0.232. The van der Waals surface area contributed by atoms with Gasteiger partial charge in [-0.2, -0.15) is 0 Å². The molecule has 0 aliphatic carbocycles. The summed E-state index contributed by atoms with van der Waals surface area (Å²) >= 11 is 0. The molecule has 106 valence electrons. The summed E-state index contributed by atoms with van der Waals surface area (Å²) in [5, 5.41) is 3.39. The topological polar surface area (TPSA) is 51.2 Å². The zero-order valence-electron chi connectivity index (χ0n) is 12.5. The number of nitrogens with one attached hydrogen (secondary N) is 1. The molecule has 1 heterocycles. The average molecular weight is 264 g/mol. The van der Waals surface area contributed by atoms with Crippen LogP contribution < -0.4 is 5.32 Å². The number of hydrogen-bond acceptors (Lipinski definition) is 4. The van der Waals surface area contributed by atoms with E-state index in [1.807, 2.05) is 6.07 Å². The van der Waals surface area contributed by atoms with Crippen LogP contribution in [-0.2, 0) is 11.3 Å². The van der Waals surface area contributed by atoms with E-state index in [9.17, 15) is 4.79 Å². The fourth-order valence-electron chi connectivity index (χ4n) is 1.49. The van der Waals surface area contributed by atoms with Crippen molar-refractivity contribution in [2.45, 2.75) is 34.2 Å². The van der Waals surface area contributed by atoms with Gasteiger partial charge in [0.05, 0.1) is 18.4 Å². The first kappa shape index (κ1) is 15.6. The monoisotopic (exact) mass is 264 g/mol. The number of nitrogens with zero attached hydrogens (tertiary/aromatic N) is 1. The third-order valence-corrected chi connectivity index (χ3v) is 3.48. The van der Waals surface area contributed by atoms with Crippen molar-refractivity contribution in [3.05, 3.63) is 29.6 Å². The van der Waals surface area contributed by atoms with Crippen LogP contribution >= 0.6 is 0 Å². The molecule has 19 heavy (non-hydrogen) atoms. The Kier molecular flexibility index (Phi) is 5.48. The average Bonchev–Trinajstić information content (AvgIpc) is 2.37. The highest BCUT2D eigenvalue weighted by molar-refractivity contribution is 5.88. The van der Waals surface area contributed by atoms with E-state index >= 15 is 0 Å². The molecule has 1 aromatic heterocycles. The third kappa shape index (κ3) is 4.99. The van der Waals surface area contributed by atoms with Gasteiger partial charge in [0.25, 0.3) is 0 Å². The van der Waals surface area contributed by atoms with Crippen LogP contribution in [0.3, 0.4) is 0 Å². The van der Waals surface area contributed by atoms with Crippen molar-refractivity contribution in [2.24, 2.45) is 11.3 Å². The van der Waals surface area contributed by atoms with Gasteiger partial charge in [0.2, 0.25) is 0 Å². The maximum absolute atomic E-state index is 11.3. The second-order valence-corrected chi connectivity index (χ2v) is 5.93. The van der Waals surface area contributed by atoms with E-state index in [1.165, 1.54) is 7.11 Å². The molecule has 0 aromatic carbocycles. The summed E-state index contributed by atoms with van der Waals surface area (Å²) in [4.78, 5) is 15.5. The Morgan fingerprint density at radius 3 is 2.58 bits per heavy atom. The molecule has 0 bridgehead atoms. The number of esters is 1. The van der Waals surface area contributed by atoms with Crippen molar-refractivity contribution in [1.29, 1.82) is 0 Å². The maximum atomic E-state index is 11.3. The minimum Gasteiger partial charge on any atom is -0.465 e. The second kappa shape index (κ2) is 6.66. The number of pyridine rings is 1. The van der Waals surface area contributed by atoms with Gasteiger partial charge in [-0.05, 0) is 30.0 Å². The maximum Gasteiger partial charge on any atom is 0.339 e. The fourth-order valence-corrected chi connectivity index (χ4v) is 1.49. The van der Waals surface area contributed by atoms with Crippen molar-refractivity contribution in [2.75, 3.05) is 13.7 Å². The predicted molar refractivity (Wildman–Crippen MR) is 75.9 cm³/mol. The predicted octanol–water partition coefficient (Wildman–Crippen LogP) is 2.64. The van der Waals surface area contributed by atoms with E-state index < -0.39 is 0 Å². The van der Waals surface area contributed by atoms with Gasteiger partial charge >= 0.3 is 5.97 Å². The Labute approximate surface area is 115 Å². The molecular formula is C15H24N2O2. The fraction of sp³-hybridized carbons (Fsp3) is 0.600.